The molecule has 0 saturated heterocycles. The Morgan fingerprint density at radius 1 is 1.28 bits per heavy atom. The summed E-state index contributed by atoms with van der Waals surface area (Å²) >= 11 is 3.31. The molecule has 18 heavy (non-hydrogen) atoms. The van der Waals surface area contributed by atoms with E-state index in [1.165, 1.54) is 19.3 Å². The quantitative estimate of drug-likeness (QED) is 0.380. The smallest absolute Gasteiger partial charge is 0.153 e. The largest absolute Gasteiger partial charge is 0.460 e. The third kappa shape index (κ3) is 5.05. The molecule has 0 heterocycles. The highest BCUT2D eigenvalue weighted by Gasteiger charge is 2.05. The van der Waals surface area contributed by atoms with E-state index in [4.69, 9.17) is 4.74 Å². The van der Waals surface area contributed by atoms with Crippen molar-refractivity contribution in [3.05, 3.63) is 40.6 Å². The number of hydrogen-bond acceptors (Lipinski definition) is 2. The lowest BCUT2D eigenvalue weighted by Crippen LogP contribution is -1.98. The van der Waals surface area contributed by atoms with Crippen molar-refractivity contribution in [2.24, 2.45) is 0 Å². The van der Waals surface area contributed by atoms with E-state index < -0.39 is 0 Å². The minimum absolute atomic E-state index is 0.581. The molecule has 1 aromatic rings. The highest BCUT2D eigenvalue weighted by atomic mass is 79.9. The first-order valence-corrected chi connectivity index (χ1v) is 7.24. The number of benzene rings is 1. The molecule has 3 heteroatoms. The van der Waals surface area contributed by atoms with Crippen molar-refractivity contribution in [1.29, 1.82) is 0 Å². The van der Waals surface area contributed by atoms with Gasteiger partial charge in [0, 0.05) is 11.4 Å². The average molecular weight is 311 g/mol. The Kier molecular flexibility index (Phi) is 7.42. The van der Waals surface area contributed by atoms with Gasteiger partial charge in [0.25, 0.3) is 0 Å². The summed E-state index contributed by atoms with van der Waals surface area (Å²) in [6.07, 6.45) is 6.49. The molecule has 0 spiro atoms. The van der Waals surface area contributed by atoms with Crippen LogP contribution < -0.4 is 4.74 Å². The molecule has 0 aromatic heterocycles. The zero-order valence-corrected chi connectivity index (χ0v) is 12.3. The van der Waals surface area contributed by atoms with Gasteiger partial charge in [-0.2, -0.15) is 0 Å². The highest BCUT2D eigenvalue weighted by Crippen LogP contribution is 2.22. The van der Waals surface area contributed by atoms with Crippen LogP contribution in [0.2, 0.25) is 0 Å². The van der Waals surface area contributed by atoms with Gasteiger partial charge in [-0.25, -0.2) is 0 Å². The van der Waals surface area contributed by atoms with Crippen molar-refractivity contribution in [3.8, 4) is 5.75 Å². The van der Waals surface area contributed by atoms with Gasteiger partial charge in [-0.15, -0.1) is 0 Å². The molecule has 0 unspecified atom stereocenters. The number of rotatable bonds is 8. The number of unbranched alkanes of at least 4 members (excludes halogenated alkanes) is 3. The van der Waals surface area contributed by atoms with E-state index in [1.807, 2.05) is 18.2 Å². The molecule has 0 amide bonds. The molecule has 2 nitrogen and oxygen atoms in total. The van der Waals surface area contributed by atoms with Crippen molar-refractivity contribution in [1.82, 2.24) is 0 Å². The van der Waals surface area contributed by atoms with Gasteiger partial charge in [0.1, 0.15) is 11.5 Å². The second-order valence-corrected chi connectivity index (χ2v) is 4.60. The van der Waals surface area contributed by atoms with E-state index in [0.717, 1.165) is 24.9 Å². The monoisotopic (exact) mass is 310 g/mol. The molecule has 1 aromatic carbocycles. The van der Waals surface area contributed by atoms with Crippen LogP contribution in [-0.4, -0.2) is 6.29 Å². The molecule has 0 atom stereocenters. The van der Waals surface area contributed by atoms with Crippen LogP contribution in [0.5, 0.6) is 5.75 Å². The minimum Gasteiger partial charge on any atom is -0.460 e. The Morgan fingerprint density at radius 2 is 2.06 bits per heavy atom. The van der Waals surface area contributed by atoms with Crippen LogP contribution in [0, 0.1) is 0 Å². The molecule has 0 N–H and O–H groups in total. The van der Waals surface area contributed by atoms with E-state index in [0.29, 0.717) is 11.3 Å². The fraction of sp³-hybridized carbons (Fsp3) is 0.400. The second-order valence-electron chi connectivity index (χ2n) is 4.14. The molecule has 0 aliphatic heterocycles. The van der Waals surface area contributed by atoms with Gasteiger partial charge < -0.3 is 4.74 Å². The third-order valence-corrected chi connectivity index (χ3v) is 3.20. The van der Waals surface area contributed by atoms with Gasteiger partial charge in [-0.1, -0.05) is 54.2 Å². The van der Waals surface area contributed by atoms with Crippen LogP contribution in [0.25, 0.3) is 0 Å². The van der Waals surface area contributed by atoms with Gasteiger partial charge >= 0.3 is 0 Å². The first-order valence-electron chi connectivity index (χ1n) is 6.33. The fourth-order valence-electron chi connectivity index (χ4n) is 1.67. The minimum atomic E-state index is 0.581. The van der Waals surface area contributed by atoms with Gasteiger partial charge in [-0.3, -0.25) is 4.79 Å². The van der Waals surface area contributed by atoms with Gasteiger partial charge in [0.15, 0.2) is 6.29 Å². The van der Waals surface area contributed by atoms with Crippen LogP contribution in [0.4, 0.5) is 0 Å². The number of carbonyl (C=O) groups excluding carboxylic acids is 1. The SMILES string of the molecule is CCCCCC/C(=C/Br)Oc1ccccc1C=O. The number of ether oxygens (including phenoxy) is 1. The fourth-order valence-corrected chi connectivity index (χ4v) is 1.99. The lowest BCUT2D eigenvalue weighted by atomic mass is 10.1. The number of aldehydes is 1. The second kappa shape index (κ2) is 8.92. The Balaban J connectivity index is 2.55. The van der Waals surface area contributed by atoms with Crippen molar-refractivity contribution < 1.29 is 9.53 Å². The van der Waals surface area contributed by atoms with Crippen LogP contribution in [0.1, 0.15) is 49.4 Å². The summed E-state index contributed by atoms with van der Waals surface area (Å²) in [7, 11) is 0. The van der Waals surface area contributed by atoms with Crippen molar-refractivity contribution >= 4 is 22.2 Å². The summed E-state index contributed by atoms with van der Waals surface area (Å²) in [6, 6.07) is 7.26. The molecular weight excluding hydrogens is 292 g/mol. The Morgan fingerprint density at radius 3 is 2.72 bits per heavy atom. The van der Waals surface area contributed by atoms with E-state index in [2.05, 4.69) is 22.9 Å². The third-order valence-electron chi connectivity index (χ3n) is 2.69. The molecule has 0 fully saturated rings. The predicted octanol–water partition coefficient (Wildman–Crippen LogP) is 5.08. The van der Waals surface area contributed by atoms with Crippen LogP contribution in [0.3, 0.4) is 0 Å². The van der Waals surface area contributed by atoms with E-state index in [1.54, 1.807) is 11.1 Å². The molecular formula is C15H19BrO2. The zero-order chi connectivity index (χ0) is 13.2. The summed E-state index contributed by atoms with van der Waals surface area (Å²) in [5, 5.41) is 0. The Hall–Kier alpha value is -1.09. The summed E-state index contributed by atoms with van der Waals surface area (Å²) in [4.78, 5) is 12.7. The van der Waals surface area contributed by atoms with Crippen LogP contribution in [0.15, 0.2) is 35.0 Å². The molecule has 98 valence electrons. The first kappa shape index (κ1) is 15.0. The first-order chi connectivity index (χ1) is 8.81. The number of allylic oxidation sites excluding steroid dienone is 1. The maximum absolute atomic E-state index is 10.9. The van der Waals surface area contributed by atoms with E-state index >= 15 is 0 Å². The standard InChI is InChI=1S/C15H19BrO2/c1-2-3-4-5-9-14(11-16)18-15-10-7-6-8-13(15)12-17/h6-8,10-12H,2-5,9H2,1H3/b14-11-. The van der Waals surface area contributed by atoms with Gasteiger partial charge in [0.2, 0.25) is 0 Å². The van der Waals surface area contributed by atoms with Crippen LogP contribution >= 0.6 is 15.9 Å². The van der Waals surface area contributed by atoms with Gasteiger partial charge in [-0.05, 0) is 18.6 Å². The number of hydrogen-bond donors (Lipinski definition) is 0. The zero-order valence-electron chi connectivity index (χ0n) is 10.7. The molecule has 1 rings (SSSR count). The summed E-state index contributed by atoms with van der Waals surface area (Å²) in [5.41, 5.74) is 0.581. The van der Waals surface area contributed by atoms with Crippen molar-refractivity contribution in [3.63, 3.8) is 0 Å². The Labute approximate surface area is 117 Å². The maximum atomic E-state index is 10.9. The maximum Gasteiger partial charge on any atom is 0.153 e. The highest BCUT2D eigenvalue weighted by molar-refractivity contribution is 9.11. The summed E-state index contributed by atoms with van der Waals surface area (Å²) in [6.45, 7) is 2.19. The summed E-state index contributed by atoms with van der Waals surface area (Å²) in [5.74, 6) is 1.48. The lowest BCUT2D eigenvalue weighted by molar-refractivity contribution is 0.112. The molecule has 0 aliphatic rings. The van der Waals surface area contributed by atoms with Crippen LogP contribution in [-0.2, 0) is 0 Å². The molecule has 0 bridgehead atoms. The number of carbonyl (C=O) groups is 1. The van der Waals surface area contributed by atoms with E-state index in [9.17, 15) is 4.79 Å². The van der Waals surface area contributed by atoms with Gasteiger partial charge in [0.05, 0.1) is 5.56 Å². The van der Waals surface area contributed by atoms with Crippen molar-refractivity contribution in [2.75, 3.05) is 0 Å². The normalized spacial score (nSPS) is 11.3. The molecule has 0 radical (unpaired) electrons. The lowest BCUT2D eigenvalue weighted by Gasteiger charge is -2.10. The number of para-hydroxylation sites is 1. The average Bonchev–Trinajstić information content (AvgIpc) is 2.42. The van der Waals surface area contributed by atoms with Crippen molar-refractivity contribution in [2.45, 2.75) is 39.0 Å². The molecule has 0 aliphatic carbocycles. The Bertz CT molecular complexity index is 399. The topological polar surface area (TPSA) is 26.3 Å². The molecule has 0 saturated carbocycles. The van der Waals surface area contributed by atoms with E-state index in [-0.39, 0.29) is 0 Å². The predicted molar refractivity (Wildman–Crippen MR) is 78.2 cm³/mol. The number of halogens is 1. The summed E-state index contributed by atoms with van der Waals surface area (Å²) < 4.78 is 5.75.